The molecule has 1 saturated carbocycles. The van der Waals surface area contributed by atoms with E-state index >= 15 is 0 Å². The van der Waals surface area contributed by atoms with Crippen LogP contribution in [-0.2, 0) is 13.0 Å². The third-order valence-corrected chi connectivity index (χ3v) is 6.88. The lowest BCUT2D eigenvalue weighted by molar-refractivity contribution is 0.111. The molecular weight excluding hydrogens is 501 g/mol. The van der Waals surface area contributed by atoms with Gasteiger partial charge in [0.05, 0.1) is 12.6 Å². The molecule has 7 heteroatoms. The second-order valence-corrected chi connectivity index (χ2v) is 9.19. The van der Waals surface area contributed by atoms with Crippen LogP contribution in [0.1, 0.15) is 50.2 Å². The molecule has 0 spiro atoms. The van der Waals surface area contributed by atoms with Gasteiger partial charge in [0, 0.05) is 51.4 Å². The first-order valence-electron chi connectivity index (χ1n) is 12.0. The first kappa shape index (κ1) is 24.7. The number of nitrogens with one attached hydrogen (secondary N) is 2. The Morgan fingerprint density at radius 2 is 1.94 bits per heavy atom. The van der Waals surface area contributed by atoms with Gasteiger partial charge in [-0.15, -0.1) is 24.0 Å². The van der Waals surface area contributed by atoms with Crippen molar-refractivity contribution in [3.63, 3.8) is 0 Å². The lowest BCUT2D eigenvalue weighted by Crippen LogP contribution is -2.46. The van der Waals surface area contributed by atoms with Crippen molar-refractivity contribution in [3.8, 4) is 0 Å². The molecule has 3 N–H and O–H groups in total. The second kappa shape index (κ2) is 12.4. The normalized spacial score (nSPS) is 23.9. The average Bonchev–Trinajstić information content (AvgIpc) is 3.44. The van der Waals surface area contributed by atoms with Gasteiger partial charge in [-0.2, -0.15) is 0 Å². The Morgan fingerprint density at radius 1 is 1.16 bits per heavy atom. The lowest BCUT2D eigenvalue weighted by Gasteiger charge is -2.30. The SMILES string of the molecule is CCNC(=NCC(O)CN1CCc2ccccc2C1)NC1CCN(C2CCCC2)C1.I. The third kappa shape index (κ3) is 7.04. The lowest BCUT2D eigenvalue weighted by atomic mass is 10.00. The number of likely N-dealkylation sites (tertiary alicyclic amines) is 1. The summed E-state index contributed by atoms with van der Waals surface area (Å²) >= 11 is 0. The molecule has 31 heavy (non-hydrogen) atoms. The largest absolute Gasteiger partial charge is 0.390 e. The van der Waals surface area contributed by atoms with Gasteiger partial charge in [0.2, 0.25) is 0 Å². The maximum absolute atomic E-state index is 10.6. The van der Waals surface area contributed by atoms with E-state index in [1.807, 2.05) is 0 Å². The number of aliphatic hydroxyl groups is 1. The predicted molar refractivity (Wildman–Crippen MR) is 138 cm³/mol. The van der Waals surface area contributed by atoms with Crippen LogP contribution >= 0.6 is 24.0 Å². The number of halogens is 1. The fourth-order valence-electron chi connectivity index (χ4n) is 5.28. The Hall–Kier alpha value is -0.900. The monoisotopic (exact) mass is 541 g/mol. The van der Waals surface area contributed by atoms with Crippen LogP contribution in [0.15, 0.2) is 29.3 Å². The predicted octanol–water partition coefficient (Wildman–Crippen LogP) is 2.60. The molecule has 0 radical (unpaired) electrons. The van der Waals surface area contributed by atoms with Gasteiger partial charge in [0.1, 0.15) is 0 Å². The number of aliphatic imine (C=N–C) groups is 1. The maximum atomic E-state index is 10.6. The molecular formula is C24H40IN5O. The minimum absolute atomic E-state index is 0. The van der Waals surface area contributed by atoms with E-state index < -0.39 is 6.10 Å². The van der Waals surface area contributed by atoms with E-state index in [2.05, 4.69) is 51.6 Å². The summed E-state index contributed by atoms with van der Waals surface area (Å²) in [5.41, 5.74) is 2.84. The van der Waals surface area contributed by atoms with Crippen molar-refractivity contribution in [2.45, 2.75) is 70.2 Å². The van der Waals surface area contributed by atoms with Gasteiger partial charge in [-0.3, -0.25) is 14.8 Å². The number of aliphatic hydroxyl groups excluding tert-OH is 1. The zero-order chi connectivity index (χ0) is 20.8. The molecule has 174 valence electrons. The Bertz CT molecular complexity index is 709. The van der Waals surface area contributed by atoms with E-state index in [1.54, 1.807) is 0 Å². The summed E-state index contributed by atoms with van der Waals surface area (Å²) in [4.78, 5) is 9.72. The number of β-amino-alcohol motifs (C(OH)–C–C–N with tert-alkyl or cyclic N) is 1. The second-order valence-electron chi connectivity index (χ2n) is 9.19. The standard InChI is InChI=1S/C24H39N5O.HI/c1-2-25-24(27-21-12-14-29(17-21)22-9-5-6-10-22)26-15-23(30)18-28-13-11-19-7-3-4-8-20(19)16-28;/h3-4,7-8,21-23,30H,2,5-6,9-18H2,1H3,(H2,25,26,27);1H. The molecule has 3 aliphatic rings. The van der Waals surface area contributed by atoms with E-state index in [0.29, 0.717) is 19.1 Å². The van der Waals surface area contributed by atoms with Gasteiger partial charge in [0.15, 0.2) is 5.96 Å². The molecule has 1 saturated heterocycles. The Balaban J connectivity index is 0.00000272. The van der Waals surface area contributed by atoms with Crippen LogP contribution in [0.25, 0.3) is 0 Å². The molecule has 0 amide bonds. The van der Waals surface area contributed by atoms with Gasteiger partial charge >= 0.3 is 0 Å². The van der Waals surface area contributed by atoms with E-state index in [0.717, 1.165) is 44.6 Å². The highest BCUT2D eigenvalue weighted by molar-refractivity contribution is 14.0. The van der Waals surface area contributed by atoms with Crippen molar-refractivity contribution in [3.05, 3.63) is 35.4 Å². The number of hydrogen-bond donors (Lipinski definition) is 3. The van der Waals surface area contributed by atoms with Gasteiger partial charge < -0.3 is 15.7 Å². The number of hydrogen-bond acceptors (Lipinski definition) is 4. The highest BCUT2D eigenvalue weighted by Gasteiger charge is 2.30. The molecule has 1 aliphatic carbocycles. The highest BCUT2D eigenvalue weighted by Crippen LogP contribution is 2.26. The molecule has 2 aliphatic heterocycles. The molecule has 1 aromatic carbocycles. The minimum atomic E-state index is -0.440. The van der Waals surface area contributed by atoms with E-state index in [4.69, 9.17) is 4.99 Å². The van der Waals surface area contributed by atoms with E-state index in [-0.39, 0.29) is 24.0 Å². The maximum Gasteiger partial charge on any atom is 0.191 e. The molecule has 2 fully saturated rings. The third-order valence-electron chi connectivity index (χ3n) is 6.88. The fourth-order valence-corrected chi connectivity index (χ4v) is 5.28. The van der Waals surface area contributed by atoms with Crippen molar-refractivity contribution >= 4 is 29.9 Å². The summed E-state index contributed by atoms with van der Waals surface area (Å²) < 4.78 is 0. The van der Waals surface area contributed by atoms with Gasteiger partial charge in [-0.05, 0) is 43.7 Å². The van der Waals surface area contributed by atoms with Crippen molar-refractivity contribution < 1.29 is 5.11 Å². The first-order chi connectivity index (χ1) is 14.7. The van der Waals surface area contributed by atoms with E-state index in [1.165, 1.54) is 49.8 Å². The zero-order valence-electron chi connectivity index (χ0n) is 18.9. The van der Waals surface area contributed by atoms with Gasteiger partial charge in [-0.1, -0.05) is 37.1 Å². The first-order valence-corrected chi connectivity index (χ1v) is 12.0. The number of benzene rings is 1. The topological polar surface area (TPSA) is 63.1 Å². The molecule has 0 bridgehead atoms. The smallest absolute Gasteiger partial charge is 0.191 e. The summed E-state index contributed by atoms with van der Waals surface area (Å²) in [6.45, 7) is 8.29. The van der Waals surface area contributed by atoms with Gasteiger partial charge in [-0.25, -0.2) is 0 Å². The summed E-state index contributed by atoms with van der Waals surface area (Å²) in [5.74, 6) is 0.846. The molecule has 4 rings (SSSR count). The van der Waals surface area contributed by atoms with Crippen LogP contribution in [0.4, 0.5) is 0 Å². The Labute approximate surface area is 204 Å². The van der Waals surface area contributed by atoms with E-state index in [9.17, 15) is 5.11 Å². The molecule has 2 heterocycles. The van der Waals surface area contributed by atoms with Crippen LogP contribution in [0, 0.1) is 0 Å². The quantitative estimate of drug-likeness (QED) is 0.282. The van der Waals surface area contributed by atoms with Crippen LogP contribution in [0.5, 0.6) is 0 Å². The fraction of sp³-hybridized carbons (Fsp3) is 0.708. The molecule has 0 aromatic heterocycles. The molecule has 1 aromatic rings. The summed E-state index contributed by atoms with van der Waals surface area (Å²) in [5, 5.41) is 17.6. The molecule has 2 atom stereocenters. The number of fused-ring (bicyclic) bond motifs is 1. The van der Waals surface area contributed by atoms with Crippen molar-refractivity contribution in [1.82, 2.24) is 20.4 Å². The van der Waals surface area contributed by atoms with Crippen LogP contribution in [-0.4, -0.2) is 78.3 Å². The highest BCUT2D eigenvalue weighted by atomic mass is 127. The summed E-state index contributed by atoms with van der Waals surface area (Å²) in [7, 11) is 0. The number of rotatable bonds is 7. The van der Waals surface area contributed by atoms with Gasteiger partial charge in [0.25, 0.3) is 0 Å². The van der Waals surface area contributed by atoms with Crippen molar-refractivity contribution in [2.75, 3.05) is 39.3 Å². The summed E-state index contributed by atoms with van der Waals surface area (Å²) in [6.07, 6.45) is 7.33. The van der Waals surface area contributed by atoms with Crippen LogP contribution in [0.3, 0.4) is 0 Å². The molecule has 6 nitrogen and oxygen atoms in total. The van der Waals surface area contributed by atoms with Crippen molar-refractivity contribution in [1.29, 1.82) is 0 Å². The molecule has 2 unspecified atom stereocenters. The Kier molecular flexibility index (Phi) is 9.87. The number of nitrogens with zero attached hydrogens (tertiary/aromatic N) is 3. The minimum Gasteiger partial charge on any atom is -0.390 e. The van der Waals surface area contributed by atoms with Crippen LogP contribution < -0.4 is 10.6 Å². The average molecular weight is 542 g/mol. The zero-order valence-corrected chi connectivity index (χ0v) is 21.3. The van der Waals surface area contributed by atoms with Crippen molar-refractivity contribution in [2.24, 2.45) is 4.99 Å². The Morgan fingerprint density at radius 3 is 2.71 bits per heavy atom. The number of guanidine groups is 1. The van der Waals surface area contributed by atoms with Crippen LogP contribution in [0.2, 0.25) is 0 Å². The summed E-state index contributed by atoms with van der Waals surface area (Å²) in [6, 6.07) is 9.90.